The van der Waals surface area contributed by atoms with Crippen molar-refractivity contribution in [1.29, 1.82) is 0 Å². The number of aliphatic hydroxyl groups is 1. The number of hydrogen-bond donors (Lipinski definition) is 2. The van der Waals surface area contributed by atoms with Gasteiger partial charge in [0.25, 0.3) is 0 Å². The molecule has 0 saturated heterocycles. The van der Waals surface area contributed by atoms with Gasteiger partial charge in [-0.25, -0.2) is 0 Å². The van der Waals surface area contributed by atoms with Crippen LogP contribution in [-0.2, 0) is 0 Å². The van der Waals surface area contributed by atoms with Gasteiger partial charge in [-0.2, -0.15) is 0 Å². The molecule has 0 aromatic heterocycles. The summed E-state index contributed by atoms with van der Waals surface area (Å²) in [4.78, 5) is 0. The van der Waals surface area contributed by atoms with E-state index in [1.807, 2.05) is 31.2 Å². The molecule has 0 aliphatic carbocycles. The molecule has 1 aromatic rings. The van der Waals surface area contributed by atoms with Gasteiger partial charge in [0.2, 0.25) is 0 Å². The van der Waals surface area contributed by atoms with Gasteiger partial charge >= 0.3 is 0 Å². The molecule has 0 radical (unpaired) electrons. The fourth-order valence-corrected chi connectivity index (χ4v) is 1.31. The number of rotatable bonds is 5. The first-order chi connectivity index (χ1) is 7.38. The Morgan fingerprint density at radius 1 is 1.44 bits per heavy atom. The predicted octanol–water partition coefficient (Wildman–Crippen LogP) is 2.25. The first kappa shape index (κ1) is 13.0. The van der Waals surface area contributed by atoms with Crippen molar-refractivity contribution in [2.24, 2.45) is 5.73 Å². The third kappa shape index (κ3) is 4.64. The molecular formula is C13H21NO2. The lowest BCUT2D eigenvalue weighted by Crippen LogP contribution is -2.21. The van der Waals surface area contributed by atoms with Gasteiger partial charge in [-0.15, -0.1) is 0 Å². The zero-order valence-corrected chi connectivity index (χ0v) is 10.2. The van der Waals surface area contributed by atoms with Gasteiger partial charge in [0.05, 0.1) is 12.2 Å². The maximum Gasteiger partial charge on any atom is 0.119 e. The maximum absolute atomic E-state index is 9.54. The molecule has 16 heavy (non-hydrogen) atoms. The number of hydrogen-bond acceptors (Lipinski definition) is 3. The van der Waals surface area contributed by atoms with Gasteiger partial charge in [-0.3, -0.25) is 0 Å². The van der Waals surface area contributed by atoms with Gasteiger partial charge in [0.1, 0.15) is 5.75 Å². The van der Waals surface area contributed by atoms with Crippen molar-refractivity contribution in [2.75, 3.05) is 6.61 Å². The summed E-state index contributed by atoms with van der Waals surface area (Å²) in [6, 6.07) is 7.76. The second kappa shape index (κ2) is 5.32. The Morgan fingerprint density at radius 3 is 2.69 bits per heavy atom. The van der Waals surface area contributed by atoms with E-state index in [9.17, 15) is 5.11 Å². The highest BCUT2D eigenvalue weighted by Crippen LogP contribution is 2.18. The topological polar surface area (TPSA) is 55.5 Å². The van der Waals surface area contributed by atoms with Crippen molar-refractivity contribution >= 4 is 0 Å². The monoisotopic (exact) mass is 223 g/mol. The molecule has 1 rings (SSSR count). The maximum atomic E-state index is 9.54. The largest absolute Gasteiger partial charge is 0.493 e. The van der Waals surface area contributed by atoms with Gasteiger partial charge in [-0.05, 0) is 38.5 Å². The molecule has 3 N–H and O–H groups in total. The summed E-state index contributed by atoms with van der Waals surface area (Å²) in [7, 11) is 0. The van der Waals surface area contributed by atoms with E-state index in [1.54, 1.807) is 13.8 Å². The van der Waals surface area contributed by atoms with Gasteiger partial charge in [0.15, 0.2) is 0 Å². The second-order valence-corrected chi connectivity index (χ2v) is 4.77. The summed E-state index contributed by atoms with van der Waals surface area (Å²) in [6.45, 7) is 5.99. The SMILES string of the molecule is CC(N)c1cccc(OCCC(C)(C)O)c1. The molecule has 0 amide bonds. The molecule has 0 heterocycles. The van der Waals surface area contributed by atoms with Crippen LogP contribution in [0.4, 0.5) is 0 Å². The van der Waals surface area contributed by atoms with Crippen molar-refractivity contribution < 1.29 is 9.84 Å². The molecule has 0 saturated carbocycles. The minimum atomic E-state index is -0.682. The highest BCUT2D eigenvalue weighted by molar-refractivity contribution is 5.30. The van der Waals surface area contributed by atoms with Crippen LogP contribution < -0.4 is 10.5 Å². The molecule has 0 fully saturated rings. The lowest BCUT2D eigenvalue weighted by atomic mass is 10.1. The van der Waals surface area contributed by atoms with E-state index in [0.29, 0.717) is 13.0 Å². The van der Waals surface area contributed by atoms with Crippen molar-refractivity contribution in [3.8, 4) is 5.75 Å². The van der Waals surface area contributed by atoms with Crippen LogP contribution in [0.25, 0.3) is 0 Å². The quantitative estimate of drug-likeness (QED) is 0.805. The first-order valence-electron chi connectivity index (χ1n) is 5.59. The third-order valence-corrected chi connectivity index (χ3v) is 2.37. The van der Waals surface area contributed by atoms with Crippen LogP contribution in [0.2, 0.25) is 0 Å². The lowest BCUT2D eigenvalue weighted by molar-refractivity contribution is 0.0553. The Bertz CT molecular complexity index is 329. The molecule has 0 aliphatic heterocycles. The minimum absolute atomic E-state index is 0.0119. The van der Waals surface area contributed by atoms with E-state index in [2.05, 4.69) is 0 Å². The van der Waals surface area contributed by atoms with Gasteiger partial charge < -0.3 is 15.6 Å². The number of nitrogens with two attached hydrogens (primary N) is 1. The van der Waals surface area contributed by atoms with Crippen LogP contribution in [0.5, 0.6) is 5.75 Å². The Balaban J connectivity index is 2.51. The Morgan fingerprint density at radius 2 is 2.12 bits per heavy atom. The van der Waals surface area contributed by atoms with E-state index in [1.165, 1.54) is 0 Å². The van der Waals surface area contributed by atoms with Crippen LogP contribution in [-0.4, -0.2) is 17.3 Å². The van der Waals surface area contributed by atoms with Crippen LogP contribution in [0.1, 0.15) is 38.8 Å². The van der Waals surface area contributed by atoms with Crippen LogP contribution in [0, 0.1) is 0 Å². The molecule has 0 spiro atoms. The van der Waals surface area contributed by atoms with E-state index >= 15 is 0 Å². The third-order valence-electron chi connectivity index (χ3n) is 2.37. The zero-order valence-electron chi connectivity index (χ0n) is 10.2. The van der Waals surface area contributed by atoms with E-state index in [0.717, 1.165) is 11.3 Å². The molecule has 3 nitrogen and oxygen atoms in total. The normalized spacial score (nSPS) is 13.6. The lowest BCUT2D eigenvalue weighted by Gasteiger charge is -2.17. The van der Waals surface area contributed by atoms with Gasteiger partial charge in [-0.1, -0.05) is 12.1 Å². The Kier molecular flexibility index (Phi) is 4.33. The average Bonchev–Trinajstić information content (AvgIpc) is 2.16. The molecular weight excluding hydrogens is 202 g/mol. The average molecular weight is 223 g/mol. The molecule has 1 atom stereocenters. The summed E-state index contributed by atoms with van der Waals surface area (Å²) < 4.78 is 5.56. The zero-order chi connectivity index (χ0) is 12.2. The fourth-order valence-electron chi connectivity index (χ4n) is 1.31. The Labute approximate surface area is 97.2 Å². The Hall–Kier alpha value is -1.06. The second-order valence-electron chi connectivity index (χ2n) is 4.77. The molecule has 1 aromatic carbocycles. The summed E-state index contributed by atoms with van der Waals surface area (Å²) in [5, 5.41) is 9.54. The smallest absolute Gasteiger partial charge is 0.119 e. The molecule has 3 heteroatoms. The van der Waals surface area contributed by atoms with Crippen molar-refractivity contribution in [3.05, 3.63) is 29.8 Å². The number of ether oxygens (including phenoxy) is 1. The molecule has 1 unspecified atom stereocenters. The van der Waals surface area contributed by atoms with Crippen LogP contribution in [0.15, 0.2) is 24.3 Å². The summed E-state index contributed by atoms with van der Waals surface area (Å²) in [5.41, 5.74) is 6.16. The first-order valence-corrected chi connectivity index (χ1v) is 5.59. The minimum Gasteiger partial charge on any atom is -0.493 e. The summed E-state index contributed by atoms with van der Waals surface area (Å²) in [5.74, 6) is 0.805. The van der Waals surface area contributed by atoms with Crippen molar-refractivity contribution in [1.82, 2.24) is 0 Å². The molecule has 0 bridgehead atoms. The summed E-state index contributed by atoms with van der Waals surface area (Å²) in [6.07, 6.45) is 0.607. The molecule has 0 aliphatic rings. The van der Waals surface area contributed by atoms with E-state index in [4.69, 9.17) is 10.5 Å². The fraction of sp³-hybridized carbons (Fsp3) is 0.538. The van der Waals surface area contributed by atoms with Gasteiger partial charge in [0, 0.05) is 12.5 Å². The predicted molar refractivity (Wildman–Crippen MR) is 65.5 cm³/mol. The highest BCUT2D eigenvalue weighted by atomic mass is 16.5. The van der Waals surface area contributed by atoms with Crippen molar-refractivity contribution in [3.63, 3.8) is 0 Å². The number of benzene rings is 1. The van der Waals surface area contributed by atoms with E-state index in [-0.39, 0.29) is 6.04 Å². The van der Waals surface area contributed by atoms with Crippen molar-refractivity contribution in [2.45, 2.75) is 38.8 Å². The van der Waals surface area contributed by atoms with Crippen LogP contribution >= 0.6 is 0 Å². The summed E-state index contributed by atoms with van der Waals surface area (Å²) >= 11 is 0. The standard InChI is InChI=1S/C13H21NO2/c1-10(14)11-5-4-6-12(9-11)16-8-7-13(2,3)15/h4-6,9-10,15H,7-8,14H2,1-3H3. The molecule has 90 valence electrons. The van der Waals surface area contributed by atoms with E-state index < -0.39 is 5.60 Å². The van der Waals surface area contributed by atoms with Crippen LogP contribution in [0.3, 0.4) is 0 Å². The highest BCUT2D eigenvalue weighted by Gasteiger charge is 2.12.